The van der Waals surface area contributed by atoms with Crippen molar-refractivity contribution in [2.75, 3.05) is 13.2 Å². The van der Waals surface area contributed by atoms with E-state index in [1.807, 2.05) is 6.07 Å². The summed E-state index contributed by atoms with van der Waals surface area (Å²) in [6, 6.07) is 10.5. The first-order chi connectivity index (χ1) is 11.2. The number of rotatable bonds is 5. The summed E-state index contributed by atoms with van der Waals surface area (Å²) in [5, 5.41) is 3.20. The van der Waals surface area contributed by atoms with Gasteiger partial charge in [-0.05, 0) is 44.7 Å². The fourth-order valence-corrected chi connectivity index (χ4v) is 3.71. The van der Waals surface area contributed by atoms with Gasteiger partial charge in [-0.2, -0.15) is 0 Å². The van der Waals surface area contributed by atoms with E-state index < -0.39 is 0 Å². The predicted octanol–water partition coefficient (Wildman–Crippen LogP) is 2.72. The molecule has 0 aromatic heterocycles. The molecule has 1 aromatic carbocycles. The fourth-order valence-electron chi connectivity index (χ4n) is 3.71. The normalized spacial score (nSPS) is 26.8. The van der Waals surface area contributed by atoms with Crippen LogP contribution in [-0.4, -0.2) is 42.1 Å². The molecule has 4 nitrogen and oxygen atoms in total. The highest BCUT2D eigenvalue weighted by atomic mass is 16.5. The Kier molecular flexibility index (Phi) is 5.68. The number of amides is 1. The molecule has 0 spiro atoms. The van der Waals surface area contributed by atoms with E-state index in [2.05, 4.69) is 41.4 Å². The van der Waals surface area contributed by atoms with Gasteiger partial charge in [0.15, 0.2) is 0 Å². The Hall–Kier alpha value is -1.39. The fraction of sp³-hybridized carbons (Fsp3) is 0.632. The Morgan fingerprint density at radius 1 is 1.26 bits per heavy atom. The molecule has 126 valence electrons. The van der Waals surface area contributed by atoms with Crippen LogP contribution >= 0.6 is 0 Å². The number of nitrogens with zero attached hydrogens (tertiary/aromatic N) is 1. The lowest BCUT2D eigenvalue weighted by atomic mass is 9.99. The second kappa shape index (κ2) is 7.93. The number of hydrogen-bond acceptors (Lipinski definition) is 3. The van der Waals surface area contributed by atoms with E-state index in [4.69, 9.17) is 4.74 Å². The summed E-state index contributed by atoms with van der Waals surface area (Å²) in [7, 11) is 0. The molecule has 0 radical (unpaired) electrons. The number of carbonyl (C=O) groups is 1. The number of nitrogens with one attached hydrogen (secondary N) is 1. The number of ether oxygens (including phenoxy) is 1. The summed E-state index contributed by atoms with van der Waals surface area (Å²) >= 11 is 0. The molecule has 2 saturated heterocycles. The average Bonchev–Trinajstić information content (AvgIpc) is 3.11. The second-order valence-corrected chi connectivity index (χ2v) is 6.82. The van der Waals surface area contributed by atoms with Crippen LogP contribution in [0.25, 0.3) is 0 Å². The molecule has 3 unspecified atom stereocenters. The monoisotopic (exact) mass is 316 g/mol. The number of benzene rings is 1. The number of likely N-dealkylation sites (tertiary alicyclic amines) is 1. The van der Waals surface area contributed by atoms with E-state index in [0.717, 1.165) is 45.4 Å². The first-order valence-corrected chi connectivity index (χ1v) is 8.94. The minimum Gasteiger partial charge on any atom is -0.376 e. The van der Waals surface area contributed by atoms with E-state index in [-0.39, 0.29) is 24.1 Å². The van der Waals surface area contributed by atoms with Gasteiger partial charge in [0.1, 0.15) is 0 Å². The Morgan fingerprint density at radius 2 is 2.09 bits per heavy atom. The minimum absolute atomic E-state index is 0.00666. The van der Waals surface area contributed by atoms with E-state index in [0.29, 0.717) is 0 Å². The summed E-state index contributed by atoms with van der Waals surface area (Å²) in [5.41, 5.74) is 1.28. The molecule has 1 aromatic rings. The highest BCUT2D eigenvalue weighted by Crippen LogP contribution is 2.21. The summed E-state index contributed by atoms with van der Waals surface area (Å²) < 4.78 is 5.70. The van der Waals surface area contributed by atoms with Crippen LogP contribution in [0.1, 0.15) is 44.6 Å². The maximum atomic E-state index is 12.8. The van der Waals surface area contributed by atoms with Crippen LogP contribution in [0, 0.1) is 0 Å². The quantitative estimate of drug-likeness (QED) is 0.908. The molecule has 2 heterocycles. The molecule has 2 aliphatic rings. The summed E-state index contributed by atoms with van der Waals surface area (Å²) in [6.07, 6.45) is 5.62. The first kappa shape index (κ1) is 16.5. The minimum atomic E-state index is -0.00666. The summed E-state index contributed by atoms with van der Waals surface area (Å²) in [6.45, 7) is 4.75. The highest BCUT2D eigenvalue weighted by molar-refractivity contribution is 5.82. The molecule has 4 heteroatoms. The Bertz CT molecular complexity index is 499. The van der Waals surface area contributed by atoms with Crippen LogP contribution in [0.4, 0.5) is 0 Å². The van der Waals surface area contributed by atoms with E-state index >= 15 is 0 Å². The molecule has 23 heavy (non-hydrogen) atoms. The molecule has 0 bridgehead atoms. The van der Waals surface area contributed by atoms with Crippen molar-refractivity contribution in [2.45, 2.75) is 63.8 Å². The molecule has 2 aliphatic heterocycles. The van der Waals surface area contributed by atoms with Crippen molar-refractivity contribution in [3.63, 3.8) is 0 Å². The lowest BCUT2D eigenvalue weighted by molar-refractivity contribution is -0.129. The van der Waals surface area contributed by atoms with Gasteiger partial charge in [0.2, 0.25) is 5.91 Å². The summed E-state index contributed by atoms with van der Waals surface area (Å²) in [5.74, 6) is 0.170. The molecule has 3 atom stereocenters. The summed E-state index contributed by atoms with van der Waals surface area (Å²) in [4.78, 5) is 15.1. The third-order valence-corrected chi connectivity index (χ3v) is 5.04. The standard InChI is InChI=1S/C19H28N2O2/c1-15(18-11-7-13-23-18)20-19(22)17-10-5-6-12-21(17)14-16-8-3-2-4-9-16/h2-4,8-9,15,17-18H,5-7,10-14H2,1H3,(H,20,22). The van der Waals surface area contributed by atoms with Gasteiger partial charge >= 0.3 is 0 Å². The van der Waals surface area contributed by atoms with Crippen LogP contribution < -0.4 is 5.32 Å². The van der Waals surface area contributed by atoms with Crippen LogP contribution in [0.15, 0.2) is 30.3 Å². The van der Waals surface area contributed by atoms with Crippen LogP contribution in [0.2, 0.25) is 0 Å². The molecular weight excluding hydrogens is 288 g/mol. The van der Waals surface area contributed by atoms with Crippen molar-refractivity contribution < 1.29 is 9.53 Å². The van der Waals surface area contributed by atoms with E-state index in [1.54, 1.807) is 0 Å². The molecule has 0 saturated carbocycles. The van der Waals surface area contributed by atoms with Gasteiger partial charge in [-0.15, -0.1) is 0 Å². The molecular formula is C19H28N2O2. The van der Waals surface area contributed by atoms with Gasteiger partial charge in [0.25, 0.3) is 0 Å². The maximum absolute atomic E-state index is 12.8. The largest absolute Gasteiger partial charge is 0.376 e. The lowest BCUT2D eigenvalue weighted by Gasteiger charge is -2.35. The zero-order chi connectivity index (χ0) is 16.1. The van der Waals surface area contributed by atoms with Crippen molar-refractivity contribution in [1.29, 1.82) is 0 Å². The Balaban J connectivity index is 1.59. The SMILES string of the molecule is CC(NC(=O)C1CCCCN1Cc1ccccc1)C1CCCO1. The van der Waals surface area contributed by atoms with Crippen molar-refractivity contribution in [3.05, 3.63) is 35.9 Å². The van der Waals surface area contributed by atoms with Crippen molar-refractivity contribution in [3.8, 4) is 0 Å². The van der Waals surface area contributed by atoms with Gasteiger partial charge in [0, 0.05) is 13.2 Å². The Labute approximate surface area is 139 Å². The highest BCUT2D eigenvalue weighted by Gasteiger charge is 2.31. The topological polar surface area (TPSA) is 41.6 Å². The molecule has 1 amide bonds. The van der Waals surface area contributed by atoms with Crippen LogP contribution in [-0.2, 0) is 16.1 Å². The third-order valence-electron chi connectivity index (χ3n) is 5.04. The molecule has 0 aliphatic carbocycles. The van der Waals surface area contributed by atoms with Gasteiger partial charge in [-0.25, -0.2) is 0 Å². The van der Waals surface area contributed by atoms with E-state index in [9.17, 15) is 4.79 Å². The molecule has 3 rings (SSSR count). The van der Waals surface area contributed by atoms with E-state index in [1.165, 1.54) is 12.0 Å². The van der Waals surface area contributed by atoms with Crippen LogP contribution in [0.5, 0.6) is 0 Å². The lowest BCUT2D eigenvalue weighted by Crippen LogP contribution is -2.52. The van der Waals surface area contributed by atoms with Gasteiger partial charge in [-0.3, -0.25) is 9.69 Å². The predicted molar refractivity (Wildman–Crippen MR) is 91.1 cm³/mol. The van der Waals surface area contributed by atoms with Crippen molar-refractivity contribution >= 4 is 5.91 Å². The zero-order valence-electron chi connectivity index (χ0n) is 14.0. The molecule has 2 fully saturated rings. The first-order valence-electron chi connectivity index (χ1n) is 8.94. The molecule has 1 N–H and O–H groups in total. The number of carbonyl (C=O) groups excluding carboxylic acids is 1. The maximum Gasteiger partial charge on any atom is 0.237 e. The van der Waals surface area contributed by atoms with Gasteiger partial charge in [-0.1, -0.05) is 36.8 Å². The van der Waals surface area contributed by atoms with Gasteiger partial charge in [0.05, 0.1) is 18.2 Å². The number of hydrogen-bond donors (Lipinski definition) is 1. The average molecular weight is 316 g/mol. The second-order valence-electron chi connectivity index (χ2n) is 6.82. The van der Waals surface area contributed by atoms with Crippen molar-refractivity contribution in [2.24, 2.45) is 0 Å². The van der Waals surface area contributed by atoms with Crippen LogP contribution in [0.3, 0.4) is 0 Å². The Morgan fingerprint density at radius 3 is 2.83 bits per heavy atom. The van der Waals surface area contributed by atoms with Crippen molar-refractivity contribution in [1.82, 2.24) is 10.2 Å². The number of piperidine rings is 1. The zero-order valence-corrected chi connectivity index (χ0v) is 14.0. The smallest absolute Gasteiger partial charge is 0.237 e. The third kappa shape index (κ3) is 4.33. The van der Waals surface area contributed by atoms with Gasteiger partial charge < -0.3 is 10.1 Å².